The number of nitrogen functional groups attached to an aromatic ring is 1. The number of aliphatic hydroxyl groups excluding tert-OH is 1. The molecule has 0 aromatic heterocycles. The molecule has 0 saturated carbocycles. The van der Waals surface area contributed by atoms with Gasteiger partial charge in [0.2, 0.25) is 0 Å². The van der Waals surface area contributed by atoms with Gasteiger partial charge in [0.1, 0.15) is 5.60 Å². The van der Waals surface area contributed by atoms with Crippen LogP contribution in [0.5, 0.6) is 0 Å². The molecule has 1 aromatic rings. The minimum Gasteiger partial charge on any atom is -0.444 e. The van der Waals surface area contributed by atoms with Crippen molar-refractivity contribution in [3.8, 4) is 0 Å². The number of hydrogen-bond acceptors (Lipinski definition) is 5. The normalized spacial score (nSPS) is 12.0. The van der Waals surface area contributed by atoms with Gasteiger partial charge in [0, 0.05) is 31.9 Å². The smallest absolute Gasteiger partial charge is 0.410 e. The second-order valence-corrected chi connectivity index (χ2v) is 6.61. The van der Waals surface area contributed by atoms with Gasteiger partial charge in [0.25, 0.3) is 0 Å². The number of amides is 1. The summed E-state index contributed by atoms with van der Waals surface area (Å²) >= 11 is 0. The molecule has 1 rings (SSSR count). The molecule has 0 bridgehead atoms. The molecule has 0 saturated heterocycles. The van der Waals surface area contributed by atoms with Crippen LogP contribution in [0.25, 0.3) is 0 Å². The highest BCUT2D eigenvalue weighted by molar-refractivity contribution is 5.67. The molecule has 0 heterocycles. The molecule has 0 aliphatic carbocycles. The molecule has 144 valence electrons. The summed E-state index contributed by atoms with van der Waals surface area (Å²) in [5.74, 6) is 0. The van der Waals surface area contributed by atoms with Crippen molar-refractivity contribution < 1.29 is 14.6 Å². The van der Waals surface area contributed by atoms with Gasteiger partial charge in [0.05, 0.1) is 0 Å². The predicted octanol–water partition coefficient (Wildman–Crippen LogP) is 3.18. The van der Waals surface area contributed by atoms with Gasteiger partial charge in [-0.1, -0.05) is 26.0 Å². The summed E-state index contributed by atoms with van der Waals surface area (Å²) in [6.07, 6.45) is 0.295. The molecule has 1 aromatic carbocycles. The minimum absolute atomic E-state index is 0.0559. The summed E-state index contributed by atoms with van der Waals surface area (Å²) in [6, 6.07) is 7.50. The fourth-order valence-corrected chi connectivity index (χ4v) is 2.06. The Balaban J connectivity index is 0.00000277. The SMILES string of the molecule is CC.CN(CC(NCCCO)c1ccc(N)cc1)C(=O)OC(C)(C)C. The van der Waals surface area contributed by atoms with Crippen LogP contribution >= 0.6 is 0 Å². The molecule has 0 aliphatic heterocycles. The Morgan fingerprint density at radius 2 is 1.84 bits per heavy atom. The lowest BCUT2D eigenvalue weighted by Crippen LogP contribution is -2.40. The van der Waals surface area contributed by atoms with Crippen molar-refractivity contribution in [3.63, 3.8) is 0 Å². The van der Waals surface area contributed by atoms with E-state index in [1.54, 1.807) is 11.9 Å². The van der Waals surface area contributed by atoms with Gasteiger partial charge in [-0.15, -0.1) is 0 Å². The summed E-state index contributed by atoms with van der Waals surface area (Å²) in [5, 5.41) is 12.3. The zero-order valence-corrected chi connectivity index (χ0v) is 16.5. The van der Waals surface area contributed by atoms with Gasteiger partial charge in [-0.25, -0.2) is 4.79 Å². The van der Waals surface area contributed by atoms with Crippen molar-refractivity contribution >= 4 is 11.8 Å². The van der Waals surface area contributed by atoms with Crippen molar-refractivity contribution in [2.24, 2.45) is 0 Å². The van der Waals surface area contributed by atoms with E-state index in [0.717, 1.165) is 5.56 Å². The highest BCUT2D eigenvalue weighted by Gasteiger charge is 2.22. The predicted molar refractivity (Wildman–Crippen MR) is 104 cm³/mol. The third-order valence-corrected chi connectivity index (χ3v) is 3.23. The molecular formula is C19H35N3O3. The molecule has 6 nitrogen and oxygen atoms in total. The fourth-order valence-electron chi connectivity index (χ4n) is 2.06. The van der Waals surface area contributed by atoms with Crippen molar-refractivity contribution in [3.05, 3.63) is 29.8 Å². The average molecular weight is 354 g/mol. The largest absolute Gasteiger partial charge is 0.444 e. The van der Waals surface area contributed by atoms with Gasteiger partial charge in [-0.2, -0.15) is 0 Å². The zero-order valence-electron chi connectivity index (χ0n) is 16.5. The topological polar surface area (TPSA) is 87.8 Å². The zero-order chi connectivity index (χ0) is 19.5. The van der Waals surface area contributed by atoms with Gasteiger partial charge >= 0.3 is 6.09 Å². The third kappa shape index (κ3) is 9.94. The first-order chi connectivity index (χ1) is 11.7. The number of likely N-dealkylation sites (N-methyl/N-ethyl adjacent to an activating group) is 1. The molecule has 0 aliphatic rings. The molecule has 1 amide bonds. The van der Waals surface area contributed by atoms with E-state index < -0.39 is 5.60 Å². The summed E-state index contributed by atoms with van der Waals surface area (Å²) < 4.78 is 5.38. The number of hydrogen-bond donors (Lipinski definition) is 3. The number of nitrogens with two attached hydrogens (primary N) is 1. The van der Waals surface area contributed by atoms with E-state index in [1.807, 2.05) is 58.9 Å². The number of rotatable bonds is 7. The fraction of sp³-hybridized carbons (Fsp3) is 0.632. The Labute approximate surface area is 152 Å². The van der Waals surface area contributed by atoms with Crippen LogP contribution in [0.2, 0.25) is 0 Å². The molecule has 4 N–H and O–H groups in total. The van der Waals surface area contributed by atoms with Crippen molar-refractivity contribution in [1.82, 2.24) is 10.2 Å². The number of carbonyl (C=O) groups excluding carboxylic acids is 1. The van der Waals surface area contributed by atoms with E-state index in [1.165, 1.54) is 0 Å². The van der Waals surface area contributed by atoms with E-state index in [-0.39, 0.29) is 18.7 Å². The van der Waals surface area contributed by atoms with Crippen LogP contribution < -0.4 is 11.1 Å². The maximum Gasteiger partial charge on any atom is 0.410 e. The van der Waals surface area contributed by atoms with Gasteiger partial charge in [-0.3, -0.25) is 0 Å². The number of nitrogens with zero attached hydrogens (tertiary/aromatic N) is 1. The van der Waals surface area contributed by atoms with Crippen LogP contribution in [-0.2, 0) is 4.74 Å². The number of benzene rings is 1. The molecular weight excluding hydrogens is 318 g/mol. The van der Waals surface area contributed by atoms with Crippen LogP contribution in [0.3, 0.4) is 0 Å². The summed E-state index contributed by atoms with van der Waals surface area (Å²) in [6.45, 7) is 10.8. The Morgan fingerprint density at radius 3 is 2.32 bits per heavy atom. The quantitative estimate of drug-likeness (QED) is 0.518. The van der Waals surface area contributed by atoms with Crippen LogP contribution in [0, 0.1) is 0 Å². The lowest BCUT2D eigenvalue weighted by Gasteiger charge is -2.28. The lowest BCUT2D eigenvalue weighted by atomic mass is 10.1. The standard InChI is InChI=1S/C17H29N3O3.C2H6/c1-17(2,3)23-16(22)20(4)12-15(19-10-5-11-21)13-6-8-14(18)9-7-13;1-2/h6-9,15,19,21H,5,10-12,18H2,1-4H3;1-2H3. The molecule has 1 unspecified atom stereocenters. The summed E-state index contributed by atoms with van der Waals surface area (Å²) in [7, 11) is 1.71. The van der Waals surface area contributed by atoms with Crippen LogP contribution in [0.15, 0.2) is 24.3 Å². The highest BCUT2D eigenvalue weighted by atomic mass is 16.6. The number of aliphatic hydroxyl groups is 1. The monoisotopic (exact) mass is 353 g/mol. The molecule has 25 heavy (non-hydrogen) atoms. The van der Waals surface area contributed by atoms with Crippen molar-refractivity contribution in [2.75, 3.05) is 32.5 Å². The first-order valence-electron chi connectivity index (χ1n) is 8.86. The van der Waals surface area contributed by atoms with Crippen molar-refractivity contribution in [1.29, 1.82) is 0 Å². The van der Waals surface area contributed by atoms with E-state index in [0.29, 0.717) is 25.2 Å². The lowest BCUT2D eigenvalue weighted by molar-refractivity contribution is 0.0282. The van der Waals surface area contributed by atoms with Gasteiger partial charge in [-0.05, 0) is 51.4 Å². The van der Waals surface area contributed by atoms with Crippen molar-refractivity contribution in [2.45, 2.75) is 52.7 Å². The first-order valence-corrected chi connectivity index (χ1v) is 8.86. The van der Waals surface area contributed by atoms with E-state index in [2.05, 4.69) is 5.32 Å². The number of anilines is 1. The van der Waals surface area contributed by atoms with Crippen LogP contribution in [-0.4, -0.2) is 48.4 Å². The minimum atomic E-state index is -0.521. The third-order valence-electron chi connectivity index (χ3n) is 3.23. The molecule has 1 atom stereocenters. The molecule has 0 fully saturated rings. The maximum absolute atomic E-state index is 12.1. The van der Waals surface area contributed by atoms with E-state index >= 15 is 0 Å². The first kappa shape index (κ1) is 23.2. The average Bonchev–Trinajstić information content (AvgIpc) is 2.55. The Bertz CT molecular complexity index is 484. The number of ether oxygens (including phenoxy) is 1. The summed E-state index contributed by atoms with van der Waals surface area (Å²) in [5.41, 5.74) is 6.94. The van der Waals surface area contributed by atoms with E-state index in [9.17, 15) is 4.79 Å². The van der Waals surface area contributed by atoms with E-state index in [4.69, 9.17) is 15.6 Å². The Hall–Kier alpha value is -1.79. The Kier molecular flexibility index (Phi) is 10.9. The van der Waals surface area contributed by atoms with Crippen LogP contribution in [0.4, 0.5) is 10.5 Å². The molecule has 0 radical (unpaired) electrons. The second kappa shape index (κ2) is 11.7. The highest BCUT2D eigenvalue weighted by Crippen LogP contribution is 2.17. The second-order valence-electron chi connectivity index (χ2n) is 6.61. The maximum atomic E-state index is 12.1. The number of nitrogens with one attached hydrogen (secondary N) is 1. The van der Waals surface area contributed by atoms with Gasteiger partial charge < -0.3 is 25.8 Å². The Morgan fingerprint density at radius 1 is 1.28 bits per heavy atom. The summed E-state index contributed by atoms with van der Waals surface area (Å²) in [4.78, 5) is 13.7. The number of carbonyl (C=O) groups is 1. The van der Waals surface area contributed by atoms with Gasteiger partial charge in [0.15, 0.2) is 0 Å². The molecule has 0 spiro atoms. The molecule has 6 heteroatoms. The van der Waals surface area contributed by atoms with Crippen LogP contribution in [0.1, 0.15) is 52.6 Å².